The maximum atomic E-state index is 13.3. The topological polar surface area (TPSA) is 89.2 Å². The molecule has 37 heavy (non-hydrogen) atoms. The minimum absolute atomic E-state index is 0.0381. The Bertz CT molecular complexity index is 1580. The summed E-state index contributed by atoms with van der Waals surface area (Å²) in [6, 6.07) is 27.7. The van der Waals surface area contributed by atoms with Crippen LogP contribution >= 0.6 is 0 Å². The van der Waals surface area contributed by atoms with E-state index in [1.54, 1.807) is 0 Å². The van der Waals surface area contributed by atoms with Crippen molar-refractivity contribution >= 4 is 28.5 Å². The van der Waals surface area contributed by atoms with Crippen molar-refractivity contribution in [2.45, 2.75) is 33.4 Å². The summed E-state index contributed by atoms with van der Waals surface area (Å²) in [5, 5.41) is 17.7. The van der Waals surface area contributed by atoms with Crippen molar-refractivity contribution in [1.29, 1.82) is 0 Å². The van der Waals surface area contributed by atoms with Crippen LogP contribution in [0.5, 0.6) is 0 Å². The molecule has 186 valence electrons. The third kappa shape index (κ3) is 5.16. The molecule has 0 saturated carbocycles. The number of para-hydroxylation sites is 1. The standard InChI is InChI=1S/C30H28N4O3/c1-20-26(17-29(35)36)21(2)34(32-20)19-23-12-14-25(15-13-23)31-30(37)28-16-24-10-6-7-11-27(24)33(28)18-22-8-4-3-5-9-22/h3-16H,17-19H2,1-2H3,(H,31,37)(H,35,36). The van der Waals surface area contributed by atoms with Crippen LogP contribution in [0.1, 0.15) is 38.6 Å². The first-order valence-corrected chi connectivity index (χ1v) is 12.2. The summed E-state index contributed by atoms with van der Waals surface area (Å²) in [5.74, 6) is -1.04. The molecule has 0 unspecified atom stereocenters. The van der Waals surface area contributed by atoms with E-state index in [2.05, 4.69) is 22.5 Å². The molecular weight excluding hydrogens is 464 g/mol. The molecular formula is C30H28N4O3. The van der Waals surface area contributed by atoms with Crippen LogP contribution in [0, 0.1) is 13.8 Å². The van der Waals surface area contributed by atoms with Crippen molar-refractivity contribution in [3.05, 3.63) is 119 Å². The maximum Gasteiger partial charge on any atom is 0.307 e. The number of fused-ring (bicyclic) bond motifs is 1. The van der Waals surface area contributed by atoms with Crippen LogP contribution in [-0.2, 0) is 24.3 Å². The minimum atomic E-state index is -0.867. The number of nitrogens with one attached hydrogen (secondary N) is 1. The lowest BCUT2D eigenvalue weighted by atomic mass is 10.1. The minimum Gasteiger partial charge on any atom is -0.481 e. The molecule has 5 aromatic rings. The number of aromatic nitrogens is 3. The fourth-order valence-electron chi connectivity index (χ4n) is 4.69. The van der Waals surface area contributed by atoms with E-state index in [1.807, 2.05) is 95.9 Å². The Morgan fingerprint density at radius 3 is 2.27 bits per heavy atom. The summed E-state index contributed by atoms with van der Waals surface area (Å²) < 4.78 is 3.87. The van der Waals surface area contributed by atoms with E-state index in [-0.39, 0.29) is 12.3 Å². The van der Waals surface area contributed by atoms with Gasteiger partial charge >= 0.3 is 5.97 Å². The third-order valence-electron chi connectivity index (χ3n) is 6.63. The average molecular weight is 493 g/mol. The molecule has 0 saturated heterocycles. The summed E-state index contributed by atoms with van der Waals surface area (Å²) >= 11 is 0. The molecule has 0 fully saturated rings. The number of aryl methyl sites for hydroxylation is 1. The largest absolute Gasteiger partial charge is 0.481 e. The molecule has 2 N–H and O–H groups in total. The first-order valence-electron chi connectivity index (χ1n) is 12.2. The zero-order valence-corrected chi connectivity index (χ0v) is 20.8. The summed E-state index contributed by atoms with van der Waals surface area (Å²) in [6.45, 7) is 4.84. The summed E-state index contributed by atoms with van der Waals surface area (Å²) in [5.41, 5.74) is 6.77. The van der Waals surface area contributed by atoms with Crippen molar-refractivity contribution in [2.24, 2.45) is 0 Å². The van der Waals surface area contributed by atoms with Gasteiger partial charge in [0.15, 0.2) is 0 Å². The van der Waals surface area contributed by atoms with Crippen LogP contribution in [0.3, 0.4) is 0 Å². The zero-order valence-electron chi connectivity index (χ0n) is 20.8. The van der Waals surface area contributed by atoms with Gasteiger partial charge in [-0.2, -0.15) is 5.10 Å². The van der Waals surface area contributed by atoms with Gasteiger partial charge in [-0.25, -0.2) is 0 Å². The van der Waals surface area contributed by atoms with E-state index < -0.39 is 5.97 Å². The van der Waals surface area contributed by atoms with Crippen molar-refractivity contribution in [3.8, 4) is 0 Å². The lowest BCUT2D eigenvalue weighted by Crippen LogP contribution is -2.17. The van der Waals surface area contributed by atoms with E-state index in [4.69, 9.17) is 5.11 Å². The lowest BCUT2D eigenvalue weighted by molar-refractivity contribution is -0.136. The van der Waals surface area contributed by atoms with Crippen LogP contribution < -0.4 is 5.32 Å². The number of carboxylic acids is 1. The number of hydrogen-bond donors (Lipinski definition) is 2. The number of amides is 1. The van der Waals surface area contributed by atoms with Crippen molar-refractivity contribution in [1.82, 2.24) is 14.3 Å². The Morgan fingerprint density at radius 2 is 1.54 bits per heavy atom. The molecule has 5 rings (SSSR count). The van der Waals surface area contributed by atoms with Gasteiger partial charge in [0, 0.05) is 34.4 Å². The number of carbonyl (C=O) groups excluding carboxylic acids is 1. The highest BCUT2D eigenvalue weighted by atomic mass is 16.4. The van der Waals surface area contributed by atoms with Gasteiger partial charge < -0.3 is 15.0 Å². The number of hydrogen-bond acceptors (Lipinski definition) is 3. The van der Waals surface area contributed by atoms with E-state index in [1.165, 1.54) is 0 Å². The van der Waals surface area contributed by atoms with Gasteiger partial charge in [-0.05, 0) is 49.2 Å². The fourth-order valence-corrected chi connectivity index (χ4v) is 4.69. The Kier molecular flexibility index (Phi) is 6.60. The SMILES string of the molecule is Cc1nn(Cc2ccc(NC(=O)c3cc4ccccc4n3Cc3ccccc3)cc2)c(C)c1CC(=O)O. The number of carbonyl (C=O) groups is 2. The van der Waals surface area contributed by atoms with Gasteiger partial charge in [0.25, 0.3) is 5.91 Å². The third-order valence-corrected chi connectivity index (χ3v) is 6.63. The molecule has 0 bridgehead atoms. The molecule has 3 aromatic carbocycles. The highest BCUT2D eigenvalue weighted by Crippen LogP contribution is 2.23. The molecule has 7 nitrogen and oxygen atoms in total. The van der Waals surface area contributed by atoms with Crippen LogP contribution in [0.15, 0.2) is 84.9 Å². The van der Waals surface area contributed by atoms with Crippen molar-refractivity contribution in [2.75, 3.05) is 5.32 Å². The quantitative estimate of drug-likeness (QED) is 0.302. The number of rotatable bonds is 8. The molecule has 0 spiro atoms. The monoisotopic (exact) mass is 492 g/mol. The number of anilines is 1. The van der Waals surface area contributed by atoms with Gasteiger partial charge in [0.2, 0.25) is 0 Å². The van der Waals surface area contributed by atoms with E-state index in [0.29, 0.717) is 24.5 Å². The molecule has 2 heterocycles. The number of carboxylic acid groups (broad SMARTS) is 1. The highest BCUT2D eigenvalue weighted by molar-refractivity contribution is 6.06. The van der Waals surface area contributed by atoms with Gasteiger partial charge in [-0.15, -0.1) is 0 Å². The van der Waals surface area contributed by atoms with Crippen LogP contribution in [0.4, 0.5) is 5.69 Å². The van der Waals surface area contributed by atoms with E-state index in [0.717, 1.165) is 39.0 Å². The van der Waals surface area contributed by atoms with Crippen LogP contribution in [0.2, 0.25) is 0 Å². The average Bonchev–Trinajstić information content (AvgIpc) is 3.38. The van der Waals surface area contributed by atoms with Gasteiger partial charge in [0.05, 0.1) is 18.7 Å². The molecule has 0 atom stereocenters. The van der Waals surface area contributed by atoms with Crippen LogP contribution in [0.25, 0.3) is 10.9 Å². The van der Waals surface area contributed by atoms with Crippen molar-refractivity contribution in [3.63, 3.8) is 0 Å². The predicted octanol–water partition coefficient (Wildman–Crippen LogP) is 5.43. The Balaban J connectivity index is 1.34. The molecule has 0 radical (unpaired) electrons. The summed E-state index contributed by atoms with van der Waals surface area (Å²) in [7, 11) is 0. The maximum absolute atomic E-state index is 13.3. The van der Waals surface area contributed by atoms with Gasteiger partial charge in [-0.3, -0.25) is 14.3 Å². The zero-order chi connectivity index (χ0) is 25.9. The Hall–Kier alpha value is -4.65. The lowest BCUT2D eigenvalue weighted by Gasteiger charge is -2.12. The van der Waals surface area contributed by atoms with Crippen LogP contribution in [-0.4, -0.2) is 31.3 Å². The van der Waals surface area contributed by atoms with Crippen molar-refractivity contribution < 1.29 is 14.7 Å². The second kappa shape index (κ2) is 10.1. The number of nitrogens with zero attached hydrogens (tertiary/aromatic N) is 3. The Labute approximate surface area is 215 Å². The summed E-state index contributed by atoms with van der Waals surface area (Å²) in [4.78, 5) is 24.5. The first-order chi connectivity index (χ1) is 17.9. The van der Waals surface area contributed by atoms with E-state index in [9.17, 15) is 9.59 Å². The molecule has 0 aliphatic heterocycles. The number of aliphatic carboxylic acids is 1. The number of benzene rings is 3. The molecule has 2 aromatic heterocycles. The first kappa shape index (κ1) is 24.1. The van der Waals surface area contributed by atoms with E-state index >= 15 is 0 Å². The highest BCUT2D eigenvalue weighted by Gasteiger charge is 2.17. The smallest absolute Gasteiger partial charge is 0.307 e. The predicted molar refractivity (Wildman–Crippen MR) is 144 cm³/mol. The second-order valence-corrected chi connectivity index (χ2v) is 9.19. The van der Waals surface area contributed by atoms with Gasteiger partial charge in [-0.1, -0.05) is 60.7 Å². The Morgan fingerprint density at radius 1 is 0.865 bits per heavy atom. The van der Waals surface area contributed by atoms with Gasteiger partial charge in [0.1, 0.15) is 5.69 Å². The molecule has 0 aliphatic rings. The normalized spacial score (nSPS) is 11.1. The molecule has 7 heteroatoms. The molecule has 0 aliphatic carbocycles. The fraction of sp³-hybridized carbons (Fsp3) is 0.167. The molecule has 1 amide bonds. The summed E-state index contributed by atoms with van der Waals surface area (Å²) in [6.07, 6.45) is -0.0381. The second-order valence-electron chi connectivity index (χ2n) is 9.19.